The smallest absolute Gasteiger partial charge is 0.134 e. The Morgan fingerprint density at radius 1 is 1.37 bits per heavy atom. The number of hydrogen-bond donors (Lipinski definition) is 1. The van der Waals surface area contributed by atoms with Gasteiger partial charge >= 0.3 is 0 Å². The van der Waals surface area contributed by atoms with Crippen LogP contribution in [0, 0.1) is 18.6 Å². The molecule has 0 aliphatic rings. The monoisotopic (exact) mass is 265 g/mol. The normalized spacial score (nSPS) is 12.7. The van der Waals surface area contributed by atoms with Crippen LogP contribution in [-0.4, -0.2) is 16.3 Å². The molecule has 1 N–H and O–H groups in total. The Morgan fingerprint density at radius 3 is 2.68 bits per heavy atom. The Kier molecular flexibility index (Phi) is 3.95. The molecule has 2 aromatic rings. The summed E-state index contributed by atoms with van der Waals surface area (Å²) in [6, 6.07) is 2.22. The van der Waals surface area contributed by atoms with Crippen LogP contribution in [-0.2, 0) is 7.05 Å². The second-order valence-electron chi connectivity index (χ2n) is 4.53. The molecule has 1 heterocycles. The molecule has 0 fully saturated rings. The lowest BCUT2D eigenvalue weighted by Gasteiger charge is -2.19. The average molecular weight is 265 g/mol. The summed E-state index contributed by atoms with van der Waals surface area (Å²) in [5, 5.41) is 7.16. The summed E-state index contributed by atoms with van der Waals surface area (Å²) in [7, 11) is 1.77. The van der Waals surface area contributed by atoms with Crippen molar-refractivity contribution in [3.05, 3.63) is 52.9 Å². The summed E-state index contributed by atoms with van der Waals surface area (Å²) >= 11 is 0. The van der Waals surface area contributed by atoms with E-state index in [-0.39, 0.29) is 5.56 Å². The zero-order chi connectivity index (χ0) is 14.0. The van der Waals surface area contributed by atoms with E-state index in [4.69, 9.17) is 0 Å². The molecule has 0 bridgehead atoms. The van der Waals surface area contributed by atoms with E-state index in [1.807, 2.05) is 6.92 Å². The fourth-order valence-electron chi connectivity index (χ4n) is 2.12. The largest absolute Gasteiger partial charge is 0.306 e. The molecule has 102 valence electrons. The third kappa shape index (κ3) is 2.66. The molecule has 0 aliphatic heterocycles. The maximum atomic E-state index is 14.2. The van der Waals surface area contributed by atoms with E-state index in [9.17, 15) is 8.78 Å². The Labute approximate surface area is 111 Å². The molecule has 19 heavy (non-hydrogen) atoms. The molecular weight excluding hydrogens is 248 g/mol. The summed E-state index contributed by atoms with van der Waals surface area (Å²) in [4.78, 5) is 0. The number of benzene rings is 1. The third-order valence-corrected chi connectivity index (χ3v) is 3.07. The van der Waals surface area contributed by atoms with E-state index in [2.05, 4.69) is 10.4 Å². The van der Waals surface area contributed by atoms with Gasteiger partial charge in [0.25, 0.3) is 0 Å². The topological polar surface area (TPSA) is 29.9 Å². The number of halogens is 2. The summed E-state index contributed by atoms with van der Waals surface area (Å²) < 4.78 is 29.8. The minimum atomic E-state index is -0.544. The first kappa shape index (κ1) is 13.7. The maximum Gasteiger partial charge on any atom is 0.134 e. The summed E-state index contributed by atoms with van der Waals surface area (Å²) in [5.41, 5.74) is 1.23. The second kappa shape index (κ2) is 5.48. The van der Waals surface area contributed by atoms with Crippen LogP contribution in [0.15, 0.2) is 24.5 Å². The van der Waals surface area contributed by atoms with Gasteiger partial charge in [-0.3, -0.25) is 4.68 Å². The van der Waals surface area contributed by atoms with Crippen molar-refractivity contribution < 1.29 is 8.78 Å². The van der Waals surface area contributed by atoms with E-state index in [0.717, 1.165) is 5.56 Å². The van der Waals surface area contributed by atoms with Gasteiger partial charge in [0.1, 0.15) is 11.6 Å². The summed E-state index contributed by atoms with van der Waals surface area (Å²) in [6.45, 7) is 4.13. The van der Waals surface area contributed by atoms with Gasteiger partial charge in [0.15, 0.2) is 0 Å². The van der Waals surface area contributed by atoms with Gasteiger partial charge in [-0.25, -0.2) is 8.78 Å². The molecule has 0 amide bonds. The first-order valence-corrected chi connectivity index (χ1v) is 6.21. The molecule has 1 atom stereocenters. The van der Waals surface area contributed by atoms with Crippen LogP contribution >= 0.6 is 0 Å². The fourth-order valence-corrected chi connectivity index (χ4v) is 2.12. The van der Waals surface area contributed by atoms with E-state index in [0.29, 0.717) is 12.1 Å². The zero-order valence-electron chi connectivity index (χ0n) is 11.2. The van der Waals surface area contributed by atoms with Gasteiger partial charge in [0.2, 0.25) is 0 Å². The van der Waals surface area contributed by atoms with Gasteiger partial charge in [0.05, 0.1) is 12.2 Å². The van der Waals surface area contributed by atoms with Gasteiger partial charge in [-0.05, 0) is 25.1 Å². The molecule has 0 aliphatic carbocycles. The van der Waals surface area contributed by atoms with Crippen LogP contribution < -0.4 is 5.32 Å². The molecule has 0 saturated carbocycles. The Morgan fingerprint density at radius 2 is 2.11 bits per heavy atom. The van der Waals surface area contributed by atoms with E-state index < -0.39 is 17.7 Å². The Balaban J connectivity index is 2.53. The van der Waals surface area contributed by atoms with Crippen molar-refractivity contribution in [2.24, 2.45) is 7.05 Å². The van der Waals surface area contributed by atoms with Crippen molar-refractivity contribution in [1.29, 1.82) is 0 Å². The molecule has 0 saturated heterocycles. The first-order valence-electron chi connectivity index (χ1n) is 6.21. The minimum Gasteiger partial charge on any atom is -0.306 e. The quantitative estimate of drug-likeness (QED) is 0.921. The predicted octanol–water partition coefficient (Wildman–Crippen LogP) is 2.71. The standard InChI is InChI=1S/C14H17F2N3/c1-4-17-14(10-7-18-19(3)8-10)12-11(15)6-5-9(2)13(12)16/h5-8,14,17H,4H2,1-3H3. The zero-order valence-corrected chi connectivity index (χ0v) is 11.2. The third-order valence-electron chi connectivity index (χ3n) is 3.07. The Hall–Kier alpha value is -1.75. The van der Waals surface area contributed by atoms with Crippen molar-refractivity contribution in [2.45, 2.75) is 19.9 Å². The average Bonchev–Trinajstić information content (AvgIpc) is 2.80. The van der Waals surface area contributed by atoms with Crippen molar-refractivity contribution in [3.8, 4) is 0 Å². The molecule has 0 spiro atoms. The number of aryl methyl sites for hydroxylation is 2. The van der Waals surface area contributed by atoms with Crippen LogP contribution in [0.1, 0.15) is 29.7 Å². The lowest BCUT2D eigenvalue weighted by Crippen LogP contribution is -2.24. The second-order valence-corrected chi connectivity index (χ2v) is 4.53. The number of nitrogens with one attached hydrogen (secondary N) is 1. The van der Waals surface area contributed by atoms with Gasteiger partial charge in [-0.15, -0.1) is 0 Å². The molecule has 2 rings (SSSR count). The highest BCUT2D eigenvalue weighted by atomic mass is 19.1. The van der Waals surface area contributed by atoms with Crippen molar-refractivity contribution >= 4 is 0 Å². The van der Waals surface area contributed by atoms with E-state index in [1.54, 1.807) is 31.0 Å². The van der Waals surface area contributed by atoms with E-state index >= 15 is 0 Å². The van der Waals surface area contributed by atoms with E-state index in [1.165, 1.54) is 12.1 Å². The van der Waals surface area contributed by atoms with Crippen molar-refractivity contribution in [2.75, 3.05) is 6.54 Å². The number of aromatic nitrogens is 2. The molecular formula is C14H17F2N3. The maximum absolute atomic E-state index is 14.2. The highest BCUT2D eigenvalue weighted by Gasteiger charge is 2.23. The first-order chi connectivity index (χ1) is 9.04. The summed E-state index contributed by atoms with van der Waals surface area (Å²) in [5.74, 6) is -1.05. The van der Waals surface area contributed by atoms with Gasteiger partial charge in [0, 0.05) is 24.4 Å². The van der Waals surface area contributed by atoms with Crippen molar-refractivity contribution in [1.82, 2.24) is 15.1 Å². The van der Waals surface area contributed by atoms with Crippen molar-refractivity contribution in [3.63, 3.8) is 0 Å². The molecule has 3 nitrogen and oxygen atoms in total. The predicted molar refractivity (Wildman–Crippen MR) is 69.8 cm³/mol. The van der Waals surface area contributed by atoms with Crippen LogP contribution in [0.2, 0.25) is 0 Å². The highest BCUT2D eigenvalue weighted by Crippen LogP contribution is 2.28. The lowest BCUT2D eigenvalue weighted by atomic mass is 9.98. The minimum absolute atomic E-state index is 0.0508. The summed E-state index contributed by atoms with van der Waals surface area (Å²) in [6.07, 6.45) is 3.38. The number of hydrogen-bond acceptors (Lipinski definition) is 2. The molecule has 1 unspecified atom stereocenters. The van der Waals surface area contributed by atoms with Crippen LogP contribution in [0.3, 0.4) is 0 Å². The van der Waals surface area contributed by atoms with Gasteiger partial charge in [-0.2, -0.15) is 5.10 Å². The fraction of sp³-hybridized carbons (Fsp3) is 0.357. The Bertz CT molecular complexity index is 578. The number of nitrogens with zero attached hydrogens (tertiary/aromatic N) is 2. The molecule has 1 aromatic heterocycles. The number of rotatable bonds is 4. The van der Waals surface area contributed by atoms with Crippen LogP contribution in [0.25, 0.3) is 0 Å². The molecule has 1 aromatic carbocycles. The highest BCUT2D eigenvalue weighted by molar-refractivity contribution is 5.35. The van der Waals surface area contributed by atoms with Gasteiger partial charge < -0.3 is 5.32 Å². The molecule has 0 radical (unpaired) electrons. The SMILES string of the molecule is CCNC(c1cnn(C)c1)c1c(F)ccc(C)c1F. The van der Waals surface area contributed by atoms with Gasteiger partial charge in [-0.1, -0.05) is 13.0 Å². The molecule has 5 heteroatoms. The van der Waals surface area contributed by atoms with Crippen LogP contribution in [0.4, 0.5) is 8.78 Å². The van der Waals surface area contributed by atoms with Crippen LogP contribution in [0.5, 0.6) is 0 Å². The lowest BCUT2D eigenvalue weighted by molar-refractivity contribution is 0.506.